The molecular weight excluding hydrogens is 184 g/mol. The second-order valence-electron chi connectivity index (χ2n) is 3.81. The molecule has 4 heteroatoms. The molecule has 1 aliphatic rings. The van der Waals surface area contributed by atoms with Gasteiger partial charge in [0.1, 0.15) is 0 Å². The van der Waals surface area contributed by atoms with Crippen molar-refractivity contribution in [3.8, 4) is 0 Å². The zero-order valence-corrected chi connectivity index (χ0v) is 9.18. The molecule has 1 rings (SSSR count). The third-order valence-electron chi connectivity index (χ3n) is 2.54. The van der Waals surface area contributed by atoms with Gasteiger partial charge in [0.2, 0.25) is 0 Å². The van der Waals surface area contributed by atoms with Crippen molar-refractivity contribution < 1.29 is 4.21 Å². The molecule has 0 amide bonds. The van der Waals surface area contributed by atoms with Crippen LogP contribution in [0.15, 0.2) is 0 Å². The molecule has 0 aromatic rings. The molecule has 13 heavy (non-hydrogen) atoms. The minimum absolute atomic E-state index is 0.413. The first-order valence-electron chi connectivity index (χ1n) is 4.96. The fraction of sp³-hybridized carbons (Fsp3) is 1.00. The highest BCUT2D eigenvalue weighted by Gasteiger charge is 2.14. The summed E-state index contributed by atoms with van der Waals surface area (Å²) in [5.41, 5.74) is 5.80. The maximum absolute atomic E-state index is 10.8. The van der Waals surface area contributed by atoms with Crippen molar-refractivity contribution in [1.29, 1.82) is 0 Å². The first kappa shape index (κ1) is 11.1. The van der Waals surface area contributed by atoms with Crippen molar-refractivity contribution in [3.63, 3.8) is 0 Å². The Labute approximate surface area is 83.1 Å². The minimum Gasteiger partial charge on any atom is -0.328 e. The summed E-state index contributed by atoms with van der Waals surface area (Å²) in [5.74, 6) is 0.836. The first-order valence-corrected chi connectivity index (χ1v) is 6.69. The number of nitrogens with two attached hydrogens (primary N) is 1. The lowest BCUT2D eigenvalue weighted by atomic mass is 10.1. The summed E-state index contributed by atoms with van der Waals surface area (Å²) in [6.45, 7) is 3.33. The molecule has 0 saturated carbocycles. The Hall–Kier alpha value is 0.0700. The standard InChI is InChI=1S/C9H20N2OS/c1-13(12)8-2-5-11-6-3-9(10)4-7-11/h9H,2-8,10H2,1H3. The Balaban J connectivity index is 2.05. The normalized spacial score (nSPS) is 23.2. The molecule has 1 heterocycles. The summed E-state index contributed by atoms with van der Waals surface area (Å²) < 4.78 is 10.8. The van der Waals surface area contributed by atoms with Gasteiger partial charge in [-0.05, 0) is 38.9 Å². The lowest BCUT2D eigenvalue weighted by Gasteiger charge is -2.29. The number of hydrogen-bond acceptors (Lipinski definition) is 3. The highest BCUT2D eigenvalue weighted by atomic mass is 32.2. The fourth-order valence-electron chi connectivity index (χ4n) is 1.67. The van der Waals surface area contributed by atoms with Crippen LogP contribution in [-0.2, 0) is 10.8 Å². The zero-order chi connectivity index (χ0) is 9.68. The molecule has 0 spiro atoms. The Morgan fingerprint density at radius 3 is 2.62 bits per heavy atom. The monoisotopic (exact) mass is 204 g/mol. The second-order valence-corrected chi connectivity index (χ2v) is 5.36. The summed E-state index contributed by atoms with van der Waals surface area (Å²) in [5, 5.41) is 0. The van der Waals surface area contributed by atoms with Crippen molar-refractivity contribution in [1.82, 2.24) is 4.90 Å². The SMILES string of the molecule is CS(=O)CCCN1CCC(N)CC1. The second kappa shape index (κ2) is 5.73. The summed E-state index contributed by atoms with van der Waals surface area (Å²) >= 11 is 0. The van der Waals surface area contributed by atoms with Crippen LogP contribution < -0.4 is 5.73 Å². The summed E-state index contributed by atoms with van der Waals surface area (Å²) in [4.78, 5) is 2.43. The smallest absolute Gasteiger partial charge is 0.0244 e. The van der Waals surface area contributed by atoms with Gasteiger partial charge in [0, 0.05) is 28.9 Å². The Morgan fingerprint density at radius 1 is 1.46 bits per heavy atom. The van der Waals surface area contributed by atoms with Crippen LogP contribution >= 0.6 is 0 Å². The number of likely N-dealkylation sites (tertiary alicyclic amines) is 1. The third-order valence-corrected chi connectivity index (χ3v) is 3.40. The van der Waals surface area contributed by atoms with Gasteiger partial charge in [-0.3, -0.25) is 4.21 Å². The molecule has 78 valence electrons. The van der Waals surface area contributed by atoms with E-state index in [1.165, 1.54) is 0 Å². The molecule has 2 N–H and O–H groups in total. The summed E-state index contributed by atoms with van der Waals surface area (Å²) in [6, 6.07) is 0.413. The predicted molar refractivity (Wildman–Crippen MR) is 57.2 cm³/mol. The van der Waals surface area contributed by atoms with E-state index in [0.29, 0.717) is 6.04 Å². The van der Waals surface area contributed by atoms with E-state index < -0.39 is 10.8 Å². The van der Waals surface area contributed by atoms with Gasteiger partial charge >= 0.3 is 0 Å². The topological polar surface area (TPSA) is 46.3 Å². The van der Waals surface area contributed by atoms with E-state index in [-0.39, 0.29) is 0 Å². The fourth-order valence-corrected chi connectivity index (χ4v) is 2.20. The highest BCUT2D eigenvalue weighted by Crippen LogP contribution is 2.08. The largest absolute Gasteiger partial charge is 0.328 e. The number of nitrogens with zero attached hydrogens (tertiary/aromatic N) is 1. The lowest BCUT2D eigenvalue weighted by molar-refractivity contribution is 0.214. The van der Waals surface area contributed by atoms with Crippen LogP contribution in [0.25, 0.3) is 0 Å². The molecule has 0 radical (unpaired) electrons. The van der Waals surface area contributed by atoms with Crippen LogP contribution in [0.5, 0.6) is 0 Å². The van der Waals surface area contributed by atoms with Crippen LogP contribution in [0, 0.1) is 0 Å². The maximum atomic E-state index is 10.8. The molecule has 0 aromatic heterocycles. The van der Waals surface area contributed by atoms with E-state index in [0.717, 1.165) is 44.6 Å². The van der Waals surface area contributed by atoms with Gasteiger partial charge in [-0.1, -0.05) is 0 Å². The van der Waals surface area contributed by atoms with E-state index in [1.54, 1.807) is 6.26 Å². The number of rotatable bonds is 4. The van der Waals surface area contributed by atoms with Crippen LogP contribution in [-0.4, -0.2) is 46.8 Å². The third kappa shape index (κ3) is 4.74. The van der Waals surface area contributed by atoms with Crippen molar-refractivity contribution >= 4 is 10.8 Å². The van der Waals surface area contributed by atoms with Gasteiger partial charge in [0.05, 0.1) is 0 Å². The van der Waals surface area contributed by atoms with Crippen LogP contribution in [0.1, 0.15) is 19.3 Å². The summed E-state index contributed by atoms with van der Waals surface area (Å²) in [6.07, 6.45) is 5.06. The average Bonchev–Trinajstić information content (AvgIpc) is 2.08. The lowest BCUT2D eigenvalue weighted by Crippen LogP contribution is -2.40. The van der Waals surface area contributed by atoms with E-state index in [4.69, 9.17) is 5.73 Å². The minimum atomic E-state index is -0.628. The molecule has 1 aliphatic heterocycles. The average molecular weight is 204 g/mol. The van der Waals surface area contributed by atoms with Gasteiger partial charge in [-0.25, -0.2) is 0 Å². The molecule has 1 unspecified atom stereocenters. The van der Waals surface area contributed by atoms with E-state index >= 15 is 0 Å². The molecule has 1 atom stereocenters. The zero-order valence-electron chi connectivity index (χ0n) is 8.37. The van der Waals surface area contributed by atoms with Gasteiger partial charge in [0.25, 0.3) is 0 Å². The molecule has 3 nitrogen and oxygen atoms in total. The predicted octanol–water partition coefficient (Wildman–Crippen LogP) is 0.178. The van der Waals surface area contributed by atoms with E-state index in [9.17, 15) is 4.21 Å². The summed E-state index contributed by atoms with van der Waals surface area (Å²) in [7, 11) is -0.628. The Kier molecular flexibility index (Phi) is 4.91. The number of piperidine rings is 1. The van der Waals surface area contributed by atoms with Crippen molar-refractivity contribution in [2.45, 2.75) is 25.3 Å². The van der Waals surface area contributed by atoms with Crippen molar-refractivity contribution in [2.75, 3.05) is 31.6 Å². The van der Waals surface area contributed by atoms with Crippen LogP contribution in [0.4, 0.5) is 0 Å². The van der Waals surface area contributed by atoms with Crippen LogP contribution in [0.2, 0.25) is 0 Å². The quantitative estimate of drug-likeness (QED) is 0.710. The van der Waals surface area contributed by atoms with E-state index in [2.05, 4.69) is 4.90 Å². The van der Waals surface area contributed by atoms with Crippen molar-refractivity contribution in [3.05, 3.63) is 0 Å². The van der Waals surface area contributed by atoms with Gasteiger partial charge in [-0.2, -0.15) is 0 Å². The highest BCUT2D eigenvalue weighted by molar-refractivity contribution is 7.84. The number of hydrogen-bond donors (Lipinski definition) is 1. The van der Waals surface area contributed by atoms with Gasteiger partial charge in [-0.15, -0.1) is 0 Å². The Morgan fingerprint density at radius 2 is 2.08 bits per heavy atom. The van der Waals surface area contributed by atoms with Crippen molar-refractivity contribution in [2.24, 2.45) is 5.73 Å². The first-order chi connectivity index (χ1) is 6.18. The molecule has 0 aliphatic carbocycles. The van der Waals surface area contributed by atoms with Crippen LogP contribution in [0.3, 0.4) is 0 Å². The maximum Gasteiger partial charge on any atom is 0.0244 e. The molecule has 0 bridgehead atoms. The van der Waals surface area contributed by atoms with Gasteiger partial charge < -0.3 is 10.6 Å². The molecule has 0 aromatic carbocycles. The van der Waals surface area contributed by atoms with Gasteiger partial charge in [0.15, 0.2) is 0 Å². The van der Waals surface area contributed by atoms with E-state index in [1.807, 2.05) is 0 Å². The molecule has 1 fully saturated rings. The molecule has 1 saturated heterocycles. The molecular formula is C9H20N2OS. The Bertz CT molecular complexity index is 167.